The summed E-state index contributed by atoms with van der Waals surface area (Å²) in [5.41, 5.74) is 5.13. The lowest BCUT2D eigenvalue weighted by atomic mass is 9.93. The molecule has 0 N–H and O–H groups in total. The van der Waals surface area contributed by atoms with Gasteiger partial charge in [0.25, 0.3) is 0 Å². The van der Waals surface area contributed by atoms with E-state index in [1.54, 1.807) is 0 Å². The average Bonchev–Trinajstić information content (AvgIpc) is 2.88. The molecule has 1 unspecified atom stereocenters. The number of nitrogens with zero attached hydrogens (tertiary/aromatic N) is 1. The Kier molecular flexibility index (Phi) is 1.54. The highest BCUT2D eigenvalue weighted by Gasteiger charge is 2.52. The predicted octanol–water partition coefficient (Wildman–Crippen LogP) is 3.58. The first-order chi connectivity index (χ1) is 9.36. The maximum atomic E-state index is 6.39. The van der Waals surface area contributed by atoms with E-state index < -0.39 is 0 Å². The van der Waals surface area contributed by atoms with Crippen LogP contribution in [-0.2, 0) is 6.42 Å². The van der Waals surface area contributed by atoms with Gasteiger partial charge in [-0.2, -0.15) is 0 Å². The van der Waals surface area contributed by atoms with Crippen molar-refractivity contribution >= 4 is 11.3 Å². The van der Waals surface area contributed by atoms with Gasteiger partial charge >= 0.3 is 0 Å². The molecule has 0 saturated heterocycles. The van der Waals surface area contributed by atoms with Crippen molar-refractivity contribution in [2.75, 3.05) is 4.90 Å². The van der Waals surface area contributed by atoms with Crippen molar-refractivity contribution < 1.29 is 4.74 Å². The van der Waals surface area contributed by atoms with Gasteiger partial charge in [0.15, 0.2) is 5.72 Å². The SMILES string of the molecule is C1=C2CC3(Cc4ccccc4N13)Oc1ccccc12. The maximum Gasteiger partial charge on any atom is 0.195 e. The molecule has 2 nitrogen and oxygen atoms in total. The van der Waals surface area contributed by atoms with Crippen LogP contribution >= 0.6 is 0 Å². The van der Waals surface area contributed by atoms with E-state index in [4.69, 9.17) is 4.74 Å². The quantitative estimate of drug-likeness (QED) is 0.705. The van der Waals surface area contributed by atoms with Crippen molar-refractivity contribution in [2.45, 2.75) is 18.6 Å². The highest BCUT2D eigenvalue weighted by molar-refractivity contribution is 5.83. The highest BCUT2D eigenvalue weighted by Crippen LogP contribution is 2.54. The zero-order valence-corrected chi connectivity index (χ0v) is 10.5. The summed E-state index contributed by atoms with van der Waals surface area (Å²) in [6.07, 6.45) is 4.23. The number of fused-ring (bicyclic) bond motifs is 5. The number of ether oxygens (including phenoxy) is 1. The van der Waals surface area contributed by atoms with E-state index >= 15 is 0 Å². The summed E-state index contributed by atoms with van der Waals surface area (Å²) in [4.78, 5) is 2.33. The van der Waals surface area contributed by atoms with E-state index in [-0.39, 0.29) is 5.72 Å². The van der Waals surface area contributed by atoms with Crippen LogP contribution < -0.4 is 9.64 Å². The Morgan fingerprint density at radius 1 is 0.947 bits per heavy atom. The molecule has 2 aromatic rings. The first-order valence-corrected chi connectivity index (χ1v) is 6.72. The number of anilines is 1. The van der Waals surface area contributed by atoms with Crippen LogP contribution in [0.1, 0.15) is 17.5 Å². The van der Waals surface area contributed by atoms with Crippen molar-refractivity contribution in [2.24, 2.45) is 0 Å². The van der Waals surface area contributed by atoms with Gasteiger partial charge < -0.3 is 9.64 Å². The van der Waals surface area contributed by atoms with Crippen LogP contribution in [-0.4, -0.2) is 5.72 Å². The van der Waals surface area contributed by atoms with Crippen LogP contribution in [0.5, 0.6) is 5.75 Å². The Morgan fingerprint density at radius 2 is 1.79 bits per heavy atom. The molecular weight excluding hydrogens is 234 g/mol. The second-order valence-corrected chi connectivity index (χ2v) is 5.55. The van der Waals surface area contributed by atoms with E-state index in [2.05, 4.69) is 53.6 Å². The van der Waals surface area contributed by atoms with Gasteiger partial charge in [-0.25, -0.2) is 0 Å². The highest BCUT2D eigenvalue weighted by atomic mass is 16.5. The molecule has 0 aliphatic carbocycles. The molecule has 0 aromatic heterocycles. The van der Waals surface area contributed by atoms with Crippen LogP contribution in [0.2, 0.25) is 0 Å². The molecular formula is C17H13NO. The van der Waals surface area contributed by atoms with Crippen LogP contribution in [0, 0.1) is 0 Å². The first-order valence-electron chi connectivity index (χ1n) is 6.72. The molecule has 3 aliphatic rings. The van der Waals surface area contributed by atoms with E-state index in [1.165, 1.54) is 22.4 Å². The number of benzene rings is 2. The van der Waals surface area contributed by atoms with E-state index in [0.29, 0.717) is 0 Å². The van der Waals surface area contributed by atoms with Crippen LogP contribution in [0.4, 0.5) is 5.69 Å². The zero-order valence-electron chi connectivity index (χ0n) is 10.5. The van der Waals surface area contributed by atoms with Gasteiger partial charge in [0, 0.05) is 30.3 Å². The number of hydrogen-bond donors (Lipinski definition) is 0. The first kappa shape index (κ1) is 9.68. The lowest BCUT2D eigenvalue weighted by Crippen LogP contribution is -2.47. The summed E-state index contributed by atoms with van der Waals surface area (Å²) in [6.45, 7) is 0. The third-order valence-electron chi connectivity index (χ3n) is 4.44. The molecule has 2 heteroatoms. The Bertz CT molecular complexity index is 734. The maximum absolute atomic E-state index is 6.39. The molecule has 0 amide bonds. The molecule has 2 aromatic carbocycles. The minimum atomic E-state index is -0.201. The molecule has 0 fully saturated rings. The van der Waals surface area contributed by atoms with Crippen molar-refractivity contribution in [1.29, 1.82) is 0 Å². The molecule has 92 valence electrons. The molecule has 1 spiro atoms. The lowest BCUT2D eigenvalue weighted by molar-refractivity contribution is 0.0896. The summed E-state index contributed by atoms with van der Waals surface area (Å²) >= 11 is 0. The smallest absolute Gasteiger partial charge is 0.195 e. The second kappa shape index (κ2) is 3.02. The predicted molar refractivity (Wildman–Crippen MR) is 75.0 cm³/mol. The van der Waals surface area contributed by atoms with Crippen molar-refractivity contribution in [3.8, 4) is 5.75 Å². The Balaban J connectivity index is 1.74. The third kappa shape index (κ3) is 1.08. The summed E-state index contributed by atoms with van der Waals surface area (Å²) in [6, 6.07) is 17.0. The Morgan fingerprint density at radius 3 is 2.79 bits per heavy atom. The van der Waals surface area contributed by atoms with Crippen molar-refractivity contribution in [3.63, 3.8) is 0 Å². The average molecular weight is 247 g/mol. The van der Waals surface area contributed by atoms with Gasteiger partial charge in [-0.1, -0.05) is 36.4 Å². The fraction of sp³-hybridized carbons (Fsp3) is 0.176. The normalized spacial score (nSPS) is 25.3. The summed E-state index contributed by atoms with van der Waals surface area (Å²) in [5, 5.41) is 0. The van der Waals surface area contributed by atoms with Crippen molar-refractivity contribution in [1.82, 2.24) is 0 Å². The second-order valence-electron chi connectivity index (χ2n) is 5.55. The fourth-order valence-electron chi connectivity index (χ4n) is 3.64. The zero-order chi connectivity index (χ0) is 12.4. The van der Waals surface area contributed by atoms with Crippen molar-refractivity contribution in [3.05, 3.63) is 65.9 Å². The lowest BCUT2D eigenvalue weighted by Gasteiger charge is -2.36. The molecule has 19 heavy (non-hydrogen) atoms. The minimum Gasteiger partial charge on any atom is -0.466 e. The topological polar surface area (TPSA) is 12.5 Å². The molecule has 1 atom stereocenters. The summed E-state index contributed by atoms with van der Waals surface area (Å²) in [7, 11) is 0. The Labute approximate surface area is 111 Å². The van der Waals surface area contributed by atoms with Gasteiger partial charge in [0.1, 0.15) is 5.75 Å². The van der Waals surface area contributed by atoms with Gasteiger partial charge in [0.2, 0.25) is 0 Å². The van der Waals surface area contributed by atoms with E-state index in [1.807, 2.05) is 6.07 Å². The molecule has 3 aliphatic heterocycles. The fourth-order valence-corrected chi connectivity index (χ4v) is 3.64. The van der Waals surface area contributed by atoms with E-state index in [9.17, 15) is 0 Å². The molecule has 0 radical (unpaired) electrons. The number of hydrogen-bond acceptors (Lipinski definition) is 2. The van der Waals surface area contributed by atoms with E-state index in [0.717, 1.165) is 18.6 Å². The summed E-state index contributed by atoms with van der Waals surface area (Å²) < 4.78 is 6.39. The third-order valence-corrected chi connectivity index (χ3v) is 4.44. The summed E-state index contributed by atoms with van der Waals surface area (Å²) in [5.74, 6) is 1.02. The van der Waals surface area contributed by atoms with Gasteiger partial charge in [-0.15, -0.1) is 0 Å². The number of para-hydroxylation sites is 2. The molecule has 2 bridgehead atoms. The standard InChI is InChI=1S/C17H13NO/c1-3-7-15-12(5-1)9-17-10-13(11-18(15)17)14-6-2-4-8-16(14)19-17/h1-8,11H,9-10H2. The molecule has 5 rings (SSSR count). The van der Waals surface area contributed by atoms with Crippen LogP contribution in [0.15, 0.2) is 54.7 Å². The molecule has 0 saturated carbocycles. The monoisotopic (exact) mass is 247 g/mol. The largest absolute Gasteiger partial charge is 0.466 e. The Hall–Kier alpha value is -2.22. The van der Waals surface area contributed by atoms with Gasteiger partial charge in [-0.3, -0.25) is 0 Å². The number of rotatable bonds is 0. The minimum absolute atomic E-state index is 0.201. The van der Waals surface area contributed by atoms with Gasteiger partial charge in [-0.05, 0) is 23.3 Å². The van der Waals surface area contributed by atoms with Crippen LogP contribution in [0.3, 0.4) is 0 Å². The van der Waals surface area contributed by atoms with Gasteiger partial charge in [0.05, 0.1) is 0 Å². The van der Waals surface area contributed by atoms with Crippen LogP contribution in [0.25, 0.3) is 5.57 Å². The molecule has 3 heterocycles.